The maximum Gasteiger partial charge on any atom is 0.408 e. The van der Waals surface area contributed by atoms with Crippen LogP contribution in [0, 0.1) is 23.2 Å². The zero-order valence-corrected chi connectivity index (χ0v) is 19.3. The number of alkyl carbamates (subject to hydrolysis) is 1. The van der Waals surface area contributed by atoms with Gasteiger partial charge in [0.15, 0.2) is 0 Å². The van der Waals surface area contributed by atoms with Gasteiger partial charge in [-0.05, 0) is 94.6 Å². The third-order valence-corrected chi connectivity index (χ3v) is 6.97. The Kier molecular flexibility index (Phi) is 6.19. The maximum atomic E-state index is 13.0. The zero-order chi connectivity index (χ0) is 22.9. The average molecular weight is 442 g/mol. The molecule has 174 valence electrons. The van der Waals surface area contributed by atoms with Crippen molar-refractivity contribution in [3.8, 4) is 0 Å². The summed E-state index contributed by atoms with van der Waals surface area (Å²) in [6, 6.07) is 7.15. The van der Waals surface area contributed by atoms with Crippen LogP contribution in [-0.2, 0) is 14.3 Å². The SMILES string of the molecule is CC(C)(C)OC(=O)NCC(=O)Nc1ccccc1NC(=O)CC12CC3CC(CC(C3)C1)C2. The summed E-state index contributed by atoms with van der Waals surface area (Å²) in [6.07, 6.45) is 7.51. The molecule has 0 saturated heterocycles. The van der Waals surface area contributed by atoms with Crippen LogP contribution in [0.25, 0.3) is 0 Å². The summed E-state index contributed by atoms with van der Waals surface area (Å²) in [4.78, 5) is 37.1. The largest absolute Gasteiger partial charge is 0.444 e. The molecular weight excluding hydrogens is 406 g/mol. The molecule has 4 saturated carbocycles. The van der Waals surface area contributed by atoms with E-state index in [2.05, 4.69) is 16.0 Å². The minimum absolute atomic E-state index is 0.0144. The quantitative estimate of drug-likeness (QED) is 0.596. The Bertz CT molecular complexity index is 854. The Morgan fingerprint density at radius 3 is 1.91 bits per heavy atom. The van der Waals surface area contributed by atoms with Gasteiger partial charge in [-0.1, -0.05) is 12.1 Å². The molecule has 0 radical (unpaired) electrons. The standard InChI is InChI=1S/C25H35N3O4/c1-24(2,3)32-23(31)26-15-22(30)28-20-7-5-4-6-19(20)27-21(29)14-25-11-16-8-17(12-25)10-18(9-16)13-25/h4-7,16-18H,8-15H2,1-3H3,(H,26,31)(H,27,29)(H,28,30). The van der Waals surface area contributed by atoms with Crippen molar-refractivity contribution in [3.63, 3.8) is 0 Å². The van der Waals surface area contributed by atoms with Crippen LogP contribution in [-0.4, -0.2) is 30.1 Å². The highest BCUT2D eigenvalue weighted by Crippen LogP contribution is 2.61. The molecule has 7 heteroatoms. The number of hydrogen-bond acceptors (Lipinski definition) is 4. The monoisotopic (exact) mass is 441 g/mol. The van der Waals surface area contributed by atoms with Crippen molar-refractivity contribution in [2.75, 3.05) is 17.2 Å². The minimum Gasteiger partial charge on any atom is -0.444 e. The van der Waals surface area contributed by atoms with E-state index in [4.69, 9.17) is 4.74 Å². The van der Waals surface area contributed by atoms with E-state index in [9.17, 15) is 14.4 Å². The number of nitrogens with one attached hydrogen (secondary N) is 3. The van der Waals surface area contributed by atoms with Crippen LogP contribution in [0.4, 0.5) is 16.2 Å². The summed E-state index contributed by atoms with van der Waals surface area (Å²) in [7, 11) is 0. The van der Waals surface area contributed by atoms with Crippen molar-refractivity contribution in [1.82, 2.24) is 5.32 Å². The van der Waals surface area contributed by atoms with Crippen molar-refractivity contribution in [1.29, 1.82) is 0 Å². The molecule has 32 heavy (non-hydrogen) atoms. The smallest absolute Gasteiger partial charge is 0.408 e. The highest BCUT2D eigenvalue weighted by atomic mass is 16.6. The van der Waals surface area contributed by atoms with Crippen LogP contribution in [0.15, 0.2) is 24.3 Å². The number of carbonyl (C=O) groups excluding carboxylic acids is 3. The predicted molar refractivity (Wildman–Crippen MR) is 123 cm³/mol. The van der Waals surface area contributed by atoms with Gasteiger partial charge in [-0.25, -0.2) is 4.79 Å². The lowest BCUT2D eigenvalue weighted by Gasteiger charge is -2.56. The van der Waals surface area contributed by atoms with E-state index in [0.717, 1.165) is 17.8 Å². The molecule has 0 aliphatic heterocycles. The number of amides is 3. The molecule has 1 aromatic rings. The first kappa shape index (κ1) is 22.6. The Morgan fingerprint density at radius 2 is 1.41 bits per heavy atom. The first-order chi connectivity index (χ1) is 15.1. The van der Waals surface area contributed by atoms with Crippen LogP contribution >= 0.6 is 0 Å². The first-order valence-electron chi connectivity index (χ1n) is 11.7. The topological polar surface area (TPSA) is 96.5 Å². The van der Waals surface area contributed by atoms with E-state index in [1.165, 1.54) is 38.5 Å². The third kappa shape index (κ3) is 5.61. The molecule has 4 bridgehead atoms. The number of rotatable bonds is 6. The molecule has 0 spiro atoms. The van der Waals surface area contributed by atoms with Gasteiger partial charge in [0.1, 0.15) is 12.1 Å². The van der Waals surface area contributed by atoms with E-state index in [1.807, 2.05) is 6.07 Å². The Balaban J connectivity index is 1.32. The highest BCUT2D eigenvalue weighted by molar-refractivity contribution is 6.00. The first-order valence-corrected chi connectivity index (χ1v) is 11.7. The summed E-state index contributed by atoms with van der Waals surface area (Å²) in [5, 5.41) is 8.24. The van der Waals surface area contributed by atoms with Crippen LogP contribution in [0.2, 0.25) is 0 Å². The van der Waals surface area contributed by atoms with E-state index < -0.39 is 17.6 Å². The van der Waals surface area contributed by atoms with Crippen molar-refractivity contribution >= 4 is 29.3 Å². The molecule has 1 aromatic carbocycles. The molecule has 3 N–H and O–H groups in total. The minimum atomic E-state index is -0.648. The fourth-order valence-corrected chi connectivity index (χ4v) is 6.40. The van der Waals surface area contributed by atoms with Gasteiger partial charge in [-0.3, -0.25) is 9.59 Å². The summed E-state index contributed by atoms with van der Waals surface area (Å²) in [5.74, 6) is 2.04. The van der Waals surface area contributed by atoms with Crippen LogP contribution in [0.3, 0.4) is 0 Å². The molecule has 0 unspecified atom stereocenters. The normalized spacial score (nSPS) is 28.2. The third-order valence-electron chi connectivity index (χ3n) is 6.97. The van der Waals surface area contributed by atoms with Gasteiger partial charge in [0, 0.05) is 6.42 Å². The fraction of sp³-hybridized carbons (Fsp3) is 0.640. The Labute approximate surface area is 190 Å². The van der Waals surface area contributed by atoms with E-state index in [-0.39, 0.29) is 17.9 Å². The molecular formula is C25H35N3O4. The molecule has 4 aliphatic carbocycles. The lowest BCUT2D eigenvalue weighted by atomic mass is 9.49. The second-order valence-electron chi connectivity index (χ2n) is 11.1. The van der Waals surface area contributed by atoms with Crippen LogP contribution in [0.1, 0.15) is 65.7 Å². The van der Waals surface area contributed by atoms with Crippen LogP contribution < -0.4 is 16.0 Å². The molecule has 4 aliphatic rings. The molecule has 7 nitrogen and oxygen atoms in total. The second-order valence-corrected chi connectivity index (χ2v) is 11.1. The number of anilines is 2. The van der Waals surface area contributed by atoms with Gasteiger partial charge < -0.3 is 20.7 Å². The Hall–Kier alpha value is -2.57. The maximum absolute atomic E-state index is 13.0. The number of hydrogen-bond donors (Lipinski definition) is 3. The predicted octanol–water partition coefficient (Wildman–Crippen LogP) is 4.69. The summed E-state index contributed by atoms with van der Waals surface area (Å²) < 4.78 is 5.14. The summed E-state index contributed by atoms with van der Waals surface area (Å²) in [5.41, 5.74) is 0.623. The molecule has 0 atom stereocenters. The molecule has 0 aromatic heterocycles. The Morgan fingerprint density at radius 1 is 0.906 bits per heavy atom. The number of para-hydroxylation sites is 2. The van der Waals surface area contributed by atoms with E-state index >= 15 is 0 Å². The van der Waals surface area contributed by atoms with Gasteiger partial charge >= 0.3 is 6.09 Å². The number of ether oxygens (including phenoxy) is 1. The summed E-state index contributed by atoms with van der Waals surface area (Å²) >= 11 is 0. The van der Waals surface area contributed by atoms with Crippen molar-refractivity contribution < 1.29 is 19.1 Å². The number of benzene rings is 1. The summed E-state index contributed by atoms with van der Waals surface area (Å²) in [6.45, 7) is 5.06. The molecule has 3 amide bonds. The van der Waals surface area contributed by atoms with Gasteiger partial charge in [-0.2, -0.15) is 0 Å². The van der Waals surface area contributed by atoms with Crippen molar-refractivity contribution in [2.24, 2.45) is 23.2 Å². The van der Waals surface area contributed by atoms with Crippen molar-refractivity contribution in [2.45, 2.75) is 71.3 Å². The van der Waals surface area contributed by atoms with E-state index in [0.29, 0.717) is 17.8 Å². The molecule has 0 heterocycles. The second kappa shape index (κ2) is 8.75. The zero-order valence-electron chi connectivity index (χ0n) is 19.3. The van der Waals surface area contributed by atoms with Gasteiger partial charge in [0.05, 0.1) is 11.4 Å². The number of carbonyl (C=O) groups is 3. The lowest BCUT2D eigenvalue weighted by Crippen LogP contribution is -2.47. The molecule has 5 rings (SSSR count). The van der Waals surface area contributed by atoms with Gasteiger partial charge in [-0.15, -0.1) is 0 Å². The van der Waals surface area contributed by atoms with E-state index in [1.54, 1.807) is 39.0 Å². The fourth-order valence-electron chi connectivity index (χ4n) is 6.40. The lowest BCUT2D eigenvalue weighted by molar-refractivity contribution is -0.124. The van der Waals surface area contributed by atoms with Gasteiger partial charge in [0.25, 0.3) is 0 Å². The molecule has 4 fully saturated rings. The van der Waals surface area contributed by atoms with Gasteiger partial charge in [0.2, 0.25) is 11.8 Å². The highest BCUT2D eigenvalue weighted by Gasteiger charge is 2.51. The van der Waals surface area contributed by atoms with Crippen molar-refractivity contribution in [3.05, 3.63) is 24.3 Å². The van der Waals surface area contributed by atoms with Crippen LogP contribution in [0.5, 0.6) is 0 Å². The average Bonchev–Trinajstić information content (AvgIpc) is 2.65.